The summed E-state index contributed by atoms with van der Waals surface area (Å²) in [6.07, 6.45) is 4.20. The van der Waals surface area contributed by atoms with Crippen LogP contribution in [0, 0.1) is 0 Å². The fourth-order valence-corrected chi connectivity index (χ4v) is 1.26. The predicted molar refractivity (Wildman–Crippen MR) is 66.7 cm³/mol. The Kier molecular flexibility index (Phi) is 7.58. The van der Waals surface area contributed by atoms with Crippen LogP contribution in [0.25, 0.3) is 0 Å². The van der Waals surface area contributed by atoms with E-state index in [1.807, 2.05) is 0 Å². The number of unbranched alkanes of at least 4 members (excludes halogenated alkanes) is 1. The largest absolute Gasteiger partial charge is 0.330 e. The van der Waals surface area contributed by atoms with Crippen molar-refractivity contribution < 1.29 is 4.79 Å². The highest BCUT2D eigenvalue weighted by molar-refractivity contribution is 5.89. The molecule has 3 N–H and O–H groups in total. The topological polar surface area (TPSA) is 72.9 Å². The zero-order valence-corrected chi connectivity index (χ0v) is 10.3. The molecule has 0 atom stereocenters. The minimum absolute atomic E-state index is 0. The van der Waals surface area contributed by atoms with Crippen LogP contribution in [-0.2, 0) is 11.3 Å². The van der Waals surface area contributed by atoms with Gasteiger partial charge >= 0.3 is 0 Å². The number of anilines is 1. The molecule has 0 spiro atoms. The highest BCUT2D eigenvalue weighted by Gasteiger charge is 2.05. The molecule has 1 heterocycles. The van der Waals surface area contributed by atoms with Crippen LogP contribution in [0.4, 0.5) is 5.82 Å². The molecular weight excluding hydrogens is 228 g/mol. The van der Waals surface area contributed by atoms with Gasteiger partial charge in [-0.15, -0.1) is 12.4 Å². The Balaban J connectivity index is 0.00000225. The maximum atomic E-state index is 11.3. The van der Waals surface area contributed by atoms with Crippen molar-refractivity contribution in [1.29, 1.82) is 0 Å². The van der Waals surface area contributed by atoms with Gasteiger partial charge in [0.05, 0.1) is 6.20 Å². The van der Waals surface area contributed by atoms with Crippen molar-refractivity contribution in [1.82, 2.24) is 9.78 Å². The lowest BCUT2D eigenvalue weighted by Gasteiger charge is -2.07. The van der Waals surface area contributed by atoms with Gasteiger partial charge in [0.25, 0.3) is 0 Å². The van der Waals surface area contributed by atoms with Gasteiger partial charge in [-0.2, -0.15) is 5.10 Å². The van der Waals surface area contributed by atoms with Crippen molar-refractivity contribution in [2.75, 3.05) is 11.9 Å². The standard InChI is InChI=1S/C10H18N4O.ClH/c1-2-3-8-14-9(5-7-12-14)13-10(15)4-6-11;/h5,7H,2-4,6,8,11H2,1H3,(H,13,15);1H. The first-order chi connectivity index (χ1) is 7.27. The molecule has 0 bridgehead atoms. The third kappa shape index (κ3) is 4.63. The maximum Gasteiger partial charge on any atom is 0.226 e. The molecule has 0 aliphatic heterocycles. The summed E-state index contributed by atoms with van der Waals surface area (Å²) in [6.45, 7) is 3.33. The van der Waals surface area contributed by atoms with Crippen LogP contribution in [0.15, 0.2) is 12.3 Å². The molecule has 0 unspecified atom stereocenters. The zero-order valence-electron chi connectivity index (χ0n) is 9.48. The lowest BCUT2D eigenvalue weighted by atomic mass is 10.3. The molecule has 0 aromatic carbocycles. The SMILES string of the molecule is CCCCn1nccc1NC(=O)CCN.Cl. The van der Waals surface area contributed by atoms with Crippen molar-refractivity contribution in [2.45, 2.75) is 32.7 Å². The second-order valence-corrected chi connectivity index (χ2v) is 3.38. The number of hydrogen-bond donors (Lipinski definition) is 2. The van der Waals surface area contributed by atoms with Crippen LogP contribution in [0.2, 0.25) is 0 Å². The van der Waals surface area contributed by atoms with Crippen LogP contribution in [0.3, 0.4) is 0 Å². The predicted octanol–water partition coefficient (Wildman–Crippen LogP) is 1.39. The maximum absolute atomic E-state index is 11.3. The number of rotatable bonds is 6. The van der Waals surface area contributed by atoms with Crippen molar-refractivity contribution in [3.63, 3.8) is 0 Å². The van der Waals surface area contributed by atoms with Crippen LogP contribution in [-0.4, -0.2) is 22.2 Å². The highest BCUT2D eigenvalue weighted by Crippen LogP contribution is 2.07. The average molecular weight is 247 g/mol. The minimum atomic E-state index is -0.0595. The second kappa shape index (κ2) is 8.13. The molecule has 1 aromatic heterocycles. The van der Waals surface area contributed by atoms with Gasteiger partial charge in [0, 0.05) is 25.6 Å². The van der Waals surface area contributed by atoms with E-state index in [4.69, 9.17) is 5.73 Å². The van der Waals surface area contributed by atoms with Crippen LogP contribution in [0.1, 0.15) is 26.2 Å². The number of nitrogens with one attached hydrogen (secondary N) is 1. The Labute approximate surface area is 102 Å². The molecule has 0 fully saturated rings. The first-order valence-electron chi connectivity index (χ1n) is 5.29. The highest BCUT2D eigenvalue weighted by atomic mass is 35.5. The summed E-state index contributed by atoms with van der Waals surface area (Å²) in [5.41, 5.74) is 5.29. The van der Waals surface area contributed by atoms with Crippen LogP contribution < -0.4 is 11.1 Å². The van der Waals surface area contributed by atoms with Crippen molar-refractivity contribution in [3.8, 4) is 0 Å². The first-order valence-corrected chi connectivity index (χ1v) is 5.29. The van der Waals surface area contributed by atoms with Gasteiger partial charge in [0.15, 0.2) is 0 Å². The normalized spacial score (nSPS) is 9.62. The van der Waals surface area contributed by atoms with Crippen molar-refractivity contribution >= 4 is 24.1 Å². The molecule has 0 aliphatic carbocycles. The molecule has 6 heteroatoms. The van der Waals surface area contributed by atoms with Gasteiger partial charge in [-0.05, 0) is 6.42 Å². The summed E-state index contributed by atoms with van der Waals surface area (Å²) in [6, 6.07) is 1.80. The van der Waals surface area contributed by atoms with Gasteiger partial charge in [0.1, 0.15) is 5.82 Å². The van der Waals surface area contributed by atoms with E-state index in [-0.39, 0.29) is 18.3 Å². The van der Waals surface area contributed by atoms with E-state index in [9.17, 15) is 4.79 Å². The molecular formula is C10H19ClN4O. The molecule has 92 valence electrons. The summed E-state index contributed by atoms with van der Waals surface area (Å²) in [4.78, 5) is 11.3. The van der Waals surface area contributed by atoms with E-state index >= 15 is 0 Å². The molecule has 0 aliphatic rings. The van der Waals surface area contributed by atoms with E-state index in [0.717, 1.165) is 25.2 Å². The molecule has 1 aromatic rings. The van der Waals surface area contributed by atoms with Gasteiger partial charge < -0.3 is 11.1 Å². The number of aromatic nitrogens is 2. The van der Waals surface area contributed by atoms with Gasteiger partial charge in [-0.1, -0.05) is 13.3 Å². The lowest BCUT2D eigenvalue weighted by Crippen LogP contribution is -2.18. The fourth-order valence-electron chi connectivity index (χ4n) is 1.26. The Bertz CT molecular complexity index is 314. The van der Waals surface area contributed by atoms with Crippen molar-refractivity contribution in [3.05, 3.63) is 12.3 Å². The number of halogens is 1. The Morgan fingerprint density at radius 2 is 2.38 bits per heavy atom. The van der Waals surface area contributed by atoms with Gasteiger partial charge in [0.2, 0.25) is 5.91 Å². The number of carbonyl (C=O) groups excluding carboxylic acids is 1. The van der Waals surface area contributed by atoms with Gasteiger partial charge in [-0.3, -0.25) is 4.79 Å². The van der Waals surface area contributed by atoms with E-state index in [0.29, 0.717) is 13.0 Å². The number of nitrogens with zero attached hydrogens (tertiary/aromatic N) is 2. The summed E-state index contributed by atoms with van der Waals surface area (Å²) in [5.74, 6) is 0.692. The van der Waals surface area contributed by atoms with Crippen molar-refractivity contribution in [2.24, 2.45) is 5.73 Å². The number of aryl methyl sites for hydroxylation is 1. The summed E-state index contributed by atoms with van der Waals surface area (Å²) >= 11 is 0. The van der Waals surface area contributed by atoms with Gasteiger partial charge in [-0.25, -0.2) is 4.68 Å². The smallest absolute Gasteiger partial charge is 0.226 e. The molecule has 0 saturated carbocycles. The number of amides is 1. The number of carbonyl (C=O) groups is 1. The molecule has 1 rings (SSSR count). The van der Waals surface area contributed by atoms with E-state index < -0.39 is 0 Å². The fraction of sp³-hybridized carbons (Fsp3) is 0.600. The quantitative estimate of drug-likeness (QED) is 0.797. The zero-order chi connectivity index (χ0) is 11.1. The first kappa shape index (κ1) is 14.9. The molecule has 16 heavy (non-hydrogen) atoms. The molecule has 1 amide bonds. The monoisotopic (exact) mass is 246 g/mol. The number of nitrogens with two attached hydrogens (primary N) is 1. The van der Waals surface area contributed by atoms with Crippen LogP contribution in [0.5, 0.6) is 0 Å². The summed E-state index contributed by atoms with van der Waals surface area (Å²) in [7, 11) is 0. The second-order valence-electron chi connectivity index (χ2n) is 3.38. The average Bonchev–Trinajstić information content (AvgIpc) is 2.63. The summed E-state index contributed by atoms with van der Waals surface area (Å²) in [5, 5.41) is 6.92. The third-order valence-electron chi connectivity index (χ3n) is 2.08. The lowest BCUT2D eigenvalue weighted by molar-refractivity contribution is -0.116. The number of hydrogen-bond acceptors (Lipinski definition) is 3. The molecule has 5 nitrogen and oxygen atoms in total. The molecule has 0 saturated heterocycles. The molecule has 0 radical (unpaired) electrons. The Hall–Kier alpha value is -1.07. The minimum Gasteiger partial charge on any atom is -0.330 e. The van der Waals surface area contributed by atoms with Crippen LogP contribution >= 0.6 is 12.4 Å². The summed E-state index contributed by atoms with van der Waals surface area (Å²) < 4.78 is 1.80. The third-order valence-corrected chi connectivity index (χ3v) is 2.08. The van der Waals surface area contributed by atoms with E-state index in [2.05, 4.69) is 17.3 Å². The Morgan fingerprint density at radius 1 is 1.62 bits per heavy atom. The Morgan fingerprint density at radius 3 is 3.00 bits per heavy atom. The van der Waals surface area contributed by atoms with E-state index in [1.165, 1.54) is 0 Å². The van der Waals surface area contributed by atoms with E-state index in [1.54, 1.807) is 16.9 Å².